The van der Waals surface area contributed by atoms with Crippen LogP contribution < -0.4 is 4.72 Å². The summed E-state index contributed by atoms with van der Waals surface area (Å²) in [5.41, 5.74) is 1.51. The van der Waals surface area contributed by atoms with Gasteiger partial charge in [-0.3, -0.25) is 4.72 Å². The molecule has 1 aromatic carbocycles. The van der Waals surface area contributed by atoms with Crippen LogP contribution in [0.1, 0.15) is 0 Å². The van der Waals surface area contributed by atoms with Crippen molar-refractivity contribution in [2.24, 2.45) is 0 Å². The van der Waals surface area contributed by atoms with Gasteiger partial charge in [-0.15, -0.1) is 11.3 Å². The normalized spacial score (nSPS) is 16.8. The van der Waals surface area contributed by atoms with Gasteiger partial charge in [-0.25, -0.2) is 4.98 Å². The molecule has 1 aliphatic rings. The topological polar surface area (TPSA) is 71.5 Å². The number of morpholine rings is 1. The first-order valence-corrected chi connectivity index (χ1v) is 8.83. The van der Waals surface area contributed by atoms with Crippen LogP contribution in [0.3, 0.4) is 0 Å². The second kappa shape index (κ2) is 6.10. The van der Waals surface area contributed by atoms with E-state index in [1.807, 2.05) is 17.5 Å². The Labute approximate surface area is 127 Å². The lowest BCUT2D eigenvalue weighted by molar-refractivity contribution is 0.0733. The average Bonchev–Trinajstić information content (AvgIpc) is 3.03. The Morgan fingerprint density at radius 3 is 2.52 bits per heavy atom. The molecule has 6 nitrogen and oxygen atoms in total. The molecule has 0 unspecified atom stereocenters. The highest BCUT2D eigenvalue weighted by molar-refractivity contribution is 7.90. The third-order valence-corrected chi connectivity index (χ3v) is 5.48. The maximum atomic E-state index is 12.2. The Kier molecular flexibility index (Phi) is 4.20. The van der Waals surface area contributed by atoms with Gasteiger partial charge in [0, 0.05) is 35.9 Å². The minimum absolute atomic E-state index is 0.381. The molecule has 1 aromatic heterocycles. The number of aromatic nitrogens is 1. The number of hydrogen-bond acceptors (Lipinski definition) is 5. The zero-order chi connectivity index (χ0) is 14.7. The molecule has 0 atom stereocenters. The minimum atomic E-state index is -3.51. The van der Waals surface area contributed by atoms with E-state index in [0.29, 0.717) is 32.0 Å². The molecule has 2 heterocycles. The average molecular weight is 325 g/mol. The second-order valence-corrected chi connectivity index (χ2v) is 7.10. The van der Waals surface area contributed by atoms with E-state index in [1.54, 1.807) is 29.7 Å². The zero-order valence-electron chi connectivity index (χ0n) is 11.2. The van der Waals surface area contributed by atoms with Gasteiger partial charge in [0.05, 0.1) is 13.2 Å². The van der Waals surface area contributed by atoms with Crippen LogP contribution >= 0.6 is 11.3 Å². The molecule has 1 N–H and O–H groups in total. The van der Waals surface area contributed by atoms with Crippen molar-refractivity contribution in [1.82, 2.24) is 9.29 Å². The number of nitrogens with zero attached hydrogens (tertiary/aromatic N) is 2. The van der Waals surface area contributed by atoms with Gasteiger partial charge in [0.1, 0.15) is 5.01 Å². The summed E-state index contributed by atoms with van der Waals surface area (Å²) < 4.78 is 33.6. The van der Waals surface area contributed by atoms with Crippen LogP contribution in [-0.2, 0) is 14.9 Å². The first-order chi connectivity index (χ1) is 10.1. The molecule has 0 amide bonds. The first-order valence-electron chi connectivity index (χ1n) is 6.51. The van der Waals surface area contributed by atoms with Crippen molar-refractivity contribution in [3.63, 3.8) is 0 Å². The lowest BCUT2D eigenvalue weighted by atomic mass is 10.2. The van der Waals surface area contributed by atoms with Crippen molar-refractivity contribution in [2.75, 3.05) is 31.0 Å². The largest absolute Gasteiger partial charge is 0.379 e. The summed E-state index contributed by atoms with van der Waals surface area (Å²) in [6.07, 6.45) is 1.75. The highest BCUT2D eigenvalue weighted by atomic mass is 32.2. The Bertz CT molecular complexity index is 678. The number of nitrogens with one attached hydrogen (secondary N) is 1. The SMILES string of the molecule is O=S(=O)(Nc1ccc(-c2nccs2)cc1)N1CCOCC1. The Morgan fingerprint density at radius 2 is 1.90 bits per heavy atom. The Morgan fingerprint density at radius 1 is 1.19 bits per heavy atom. The smallest absolute Gasteiger partial charge is 0.301 e. The van der Waals surface area contributed by atoms with Crippen molar-refractivity contribution >= 4 is 27.2 Å². The third-order valence-electron chi connectivity index (χ3n) is 3.12. The lowest BCUT2D eigenvalue weighted by Crippen LogP contribution is -2.43. The molecule has 0 saturated carbocycles. The molecular formula is C13H15N3O3S2. The number of anilines is 1. The monoisotopic (exact) mass is 325 g/mol. The molecule has 0 bridgehead atoms. The Hall–Kier alpha value is -1.48. The van der Waals surface area contributed by atoms with Crippen LogP contribution in [0.2, 0.25) is 0 Å². The van der Waals surface area contributed by atoms with Gasteiger partial charge in [0.15, 0.2) is 0 Å². The van der Waals surface area contributed by atoms with E-state index in [4.69, 9.17) is 4.74 Å². The molecule has 1 aliphatic heterocycles. The van der Waals surface area contributed by atoms with Crippen molar-refractivity contribution in [2.45, 2.75) is 0 Å². The van der Waals surface area contributed by atoms with E-state index in [9.17, 15) is 8.42 Å². The molecule has 0 spiro atoms. The molecule has 8 heteroatoms. The second-order valence-electron chi connectivity index (χ2n) is 4.53. The first kappa shape index (κ1) is 14.5. The fourth-order valence-electron chi connectivity index (χ4n) is 2.05. The van der Waals surface area contributed by atoms with E-state index in [2.05, 4.69) is 9.71 Å². The molecular weight excluding hydrogens is 310 g/mol. The molecule has 0 radical (unpaired) electrons. The lowest BCUT2D eigenvalue weighted by Gasteiger charge is -2.26. The molecule has 21 heavy (non-hydrogen) atoms. The van der Waals surface area contributed by atoms with Crippen LogP contribution in [0.25, 0.3) is 10.6 Å². The van der Waals surface area contributed by atoms with Gasteiger partial charge in [0.25, 0.3) is 0 Å². The van der Waals surface area contributed by atoms with Crippen LogP contribution in [0.4, 0.5) is 5.69 Å². The predicted molar refractivity (Wildman–Crippen MR) is 82.5 cm³/mol. The van der Waals surface area contributed by atoms with E-state index in [1.165, 1.54) is 4.31 Å². The van der Waals surface area contributed by atoms with Crippen LogP contribution in [0.15, 0.2) is 35.8 Å². The van der Waals surface area contributed by atoms with Crippen molar-refractivity contribution in [3.8, 4) is 10.6 Å². The van der Waals surface area contributed by atoms with E-state index >= 15 is 0 Å². The highest BCUT2D eigenvalue weighted by Gasteiger charge is 2.24. The number of ether oxygens (including phenoxy) is 1. The number of thiazole rings is 1. The predicted octanol–water partition coefficient (Wildman–Crippen LogP) is 1.80. The third kappa shape index (κ3) is 3.41. The van der Waals surface area contributed by atoms with Gasteiger partial charge in [0.2, 0.25) is 0 Å². The molecule has 112 valence electrons. The fourth-order valence-corrected chi connectivity index (χ4v) is 3.88. The van der Waals surface area contributed by atoms with Gasteiger partial charge >= 0.3 is 10.2 Å². The molecule has 1 saturated heterocycles. The number of hydrogen-bond donors (Lipinski definition) is 1. The van der Waals surface area contributed by atoms with Crippen molar-refractivity contribution in [1.29, 1.82) is 0 Å². The van der Waals surface area contributed by atoms with Gasteiger partial charge in [-0.2, -0.15) is 12.7 Å². The van der Waals surface area contributed by atoms with E-state index in [0.717, 1.165) is 10.6 Å². The summed E-state index contributed by atoms with van der Waals surface area (Å²) >= 11 is 1.55. The summed E-state index contributed by atoms with van der Waals surface area (Å²) in [5, 5.41) is 2.82. The molecule has 2 aromatic rings. The quantitative estimate of drug-likeness (QED) is 0.930. The minimum Gasteiger partial charge on any atom is -0.379 e. The van der Waals surface area contributed by atoms with Crippen LogP contribution in [0.5, 0.6) is 0 Å². The Balaban J connectivity index is 1.72. The van der Waals surface area contributed by atoms with Crippen molar-refractivity contribution < 1.29 is 13.2 Å². The maximum Gasteiger partial charge on any atom is 0.301 e. The summed E-state index contributed by atoms with van der Waals surface area (Å²) in [7, 11) is -3.51. The summed E-state index contributed by atoms with van der Waals surface area (Å²) in [4.78, 5) is 4.22. The number of benzene rings is 1. The zero-order valence-corrected chi connectivity index (χ0v) is 12.9. The van der Waals surface area contributed by atoms with E-state index < -0.39 is 10.2 Å². The summed E-state index contributed by atoms with van der Waals surface area (Å²) in [5.74, 6) is 0. The highest BCUT2D eigenvalue weighted by Crippen LogP contribution is 2.23. The van der Waals surface area contributed by atoms with E-state index in [-0.39, 0.29) is 0 Å². The molecule has 1 fully saturated rings. The fraction of sp³-hybridized carbons (Fsp3) is 0.308. The maximum absolute atomic E-state index is 12.2. The van der Waals surface area contributed by atoms with Crippen LogP contribution in [-0.4, -0.2) is 44.0 Å². The molecule has 3 rings (SSSR count). The van der Waals surface area contributed by atoms with Gasteiger partial charge in [-0.05, 0) is 24.3 Å². The molecule has 0 aliphatic carbocycles. The van der Waals surface area contributed by atoms with Gasteiger partial charge < -0.3 is 4.74 Å². The van der Waals surface area contributed by atoms with Crippen LogP contribution in [0, 0.1) is 0 Å². The summed E-state index contributed by atoms with van der Waals surface area (Å²) in [6.45, 7) is 1.63. The standard InChI is InChI=1S/C13H15N3O3S2/c17-21(18,16-6-8-19-9-7-16)15-12-3-1-11(2-4-12)13-14-5-10-20-13/h1-5,10,15H,6-9H2. The summed E-state index contributed by atoms with van der Waals surface area (Å²) in [6, 6.07) is 7.20. The number of rotatable bonds is 4. The van der Waals surface area contributed by atoms with Gasteiger partial charge in [-0.1, -0.05) is 0 Å². The van der Waals surface area contributed by atoms with Crippen molar-refractivity contribution in [3.05, 3.63) is 35.8 Å².